The van der Waals surface area contributed by atoms with Crippen LogP contribution in [0.15, 0.2) is 24.3 Å². The molecule has 0 aromatic heterocycles. The second-order valence-corrected chi connectivity index (χ2v) is 4.61. The first-order chi connectivity index (χ1) is 9.61. The van der Waals surface area contributed by atoms with E-state index in [0.29, 0.717) is 5.56 Å². The Labute approximate surface area is 118 Å². The summed E-state index contributed by atoms with van der Waals surface area (Å²) in [7, 11) is 0. The summed E-state index contributed by atoms with van der Waals surface area (Å²) in [5.74, 6) is -3.65. The molecule has 0 aliphatic heterocycles. The number of aliphatic carboxylic acids is 2. The third kappa shape index (κ3) is 5.07. The van der Waals surface area contributed by atoms with Crippen LogP contribution >= 0.6 is 0 Å². The molecule has 0 spiro atoms. The molecule has 0 bridgehead atoms. The number of alkyl halides is 3. The van der Waals surface area contributed by atoms with Gasteiger partial charge in [0.2, 0.25) is 0 Å². The van der Waals surface area contributed by atoms with Gasteiger partial charge in [0, 0.05) is 0 Å². The fourth-order valence-corrected chi connectivity index (χ4v) is 1.79. The van der Waals surface area contributed by atoms with E-state index in [1.807, 2.05) is 0 Å². The van der Waals surface area contributed by atoms with E-state index < -0.39 is 35.6 Å². The lowest BCUT2D eigenvalue weighted by atomic mass is 9.92. The number of carboxylic acids is 2. The quantitative estimate of drug-likeness (QED) is 0.743. The van der Waals surface area contributed by atoms with Crippen LogP contribution in [0.1, 0.15) is 17.5 Å². The number of carboxylic acid groups (broad SMARTS) is 2. The normalized spacial score (nSPS) is 14.5. The highest BCUT2D eigenvalue weighted by Gasteiger charge is 2.30. The second kappa shape index (κ2) is 6.57. The van der Waals surface area contributed by atoms with E-state index in [9.17, 15) is 22.8 Å². The van der Waals surface area contributed by atoms with Crippen molar-refractivity contribution in [2.24, 2.45) is 11.7 Å². The minimum atomic E-state index is -4.46. The summed E-state index contributed by atoms with van der Waals surface area (Å²) < 4.78 is 37.2. The lowest BCUT2D eigenvalue weighted by Crippen LogP contribution is -2.35. The van der Waals surface area contributed by atoms with Gasteiger partial charge in [0.25, 0.3) is 0 Å². The van der Waals surface area contributed by atoms with E-state index in [1.165, 1.54) is 12.1 Å². The lowest BCUT2D eigenvalue weighted by molar-refractivity contribution is -0.143. The average Bonchev–Trinajstić information content (AvgIpc) is 2.37. The van der Waals surface area contributed by atoms with Gasteiger partial charge in [0.15, 0.2) is 0 Å². The van der Waals surface area contributed by atoms with E-state index in [1.54, 1.807) is 0 Å². The zero-order valence-electron chi connectivity index (χ0n) is 10.8. The van der Waals surface area contributed by atoms with E-state index >= 15 is 0 Å². The first kappa shape index (κ1) is 17.0. The molecule has 0 fully saturated rings. The molecular formula is C13H14F3NO4. The SMILES string of the molecule is N[C@@H](C[C@H](Cc1ccc(C(F)(F)F)cc1)C(=O)O)C(=O)O. The highest BCUT2D eigenvalue weighted by atomic mass is 19.4. The molecule has 0 aliphatic carbocycles. The van der Waals surface area contributed by atoms with Crippen LogP contribution in [0.3, 0.4) is 0 Å². The highest BCUT2D eigenvalue weighted by Crippen LogP contribution is 2.29. The number of halogens is 3. The Balaban J connectivity index is 2.80. The van der Waals surface area contributed by atoms with Gasteiger partial charge >= 0.3 is 18.1 Å². The molecule has 4 N–H and O–H groups in total. The van der Waals surface area contributed by atoms with Gasteiger partial charge in [-0.15, -0.1) is 0 Å². The minimum Gasteiger partial charge on any atom is -0.481 e. The zero-order chi connectivity index (χ0) is 16.2. The smallest absolute Gasteiger partial charge is 0.416 e. The first-order valence-corrected chi connectivity index (χ1v) is 5.98. The summed E-state index contributed by atoms with van der Waals surface area (Å²) >= 11 is 0. The molecule has 0 heterocycles. The van der Waals surface area contributed by atoms with Crippen molar-refractivity contribution in [2.45, 2.75) is 25.1 Å². The molecule has 0 saturated heterocycles. The van der Waals surface area contributed by atoms with Crippen LogP contribution in [0.5, 0.6) is 0 Å². The predicted molar refractivity (Wildman–Crippen MR) is 66.5 cm³/mol. The molecular weight excluding hydrogens is 291 g/mol. The molecule has 0 radical (unpaired) electrons. The van der Waals surface area contributed by atoms with Crippen molar-refractivity contribution in [3.8, 4) is 0 Å². The van der Waals surface area contributed by atoms with Crippen LogP contribution in [0.4, 0.5) is 13.2 Å². The Hall–Kier alpha value is -2.09. The summed E-state index contributed by atoms with van der Waals surface area (Å²) in [5, 5.41) is 17.7. The minimum absolute atomic E-state index is 0.0888. The van der Waals surface area contributed by atoms with Crippen LogP contribution in [0, 0.1) is 5.92 Å². The van der Waals surface area contributed by atoms with Crippen molar-refractivity contribution >= 4 is 11.9 Å². The summed E-state index contributed by atoms with van der Waals surface area (Å²) in [4.78, 5) is 21.7. The number of benzene rings is 1. The maximum absolute atomic E-state index is 12.4. The molecule has 0 amide bonds. The molecule has 0 aliphatic rings. The van der Waals surface area contributed by atoms with Gasteiger partial charge in [-0.25, -0.2) is 0 Å². The van der Waals surface area contributed by atoms with E-state index in [4.69, 9.17) is 15.9 Å². The Morgan fingerprint density at radius 3 is 2.00 bits per heavy atom. The fourth-order valence-electron chi connectivity index (χ4n) is 1.79. The second-order valence-electron chi connectivity index (χ2n) is 4.61. The molecule has 5 nitrogen and oxygen atoms in total. The fraction of sp³-hybridized carbons (Fsp3) is 0.385. The molecule has 116 valence electrons. The summed E-state index contributed by atoms with van der Waals surface area (Å²) in [6.45, 7) is 0. The monoisotopic (exact) mass is 305 g/mol. The van der Waals surface area contributed by atoms with Crippen molar-refractivity contribution in [3.63, 3.8) is 0 Å². The van der Waals surface area contributed by atoms with Gasteiger partial charge in [-0.3, -0.25) is 9.59 Å². The number of hydrogen-bond acceptors (Lipinski definition) is 3. The van der Waals surface area contributed by atoms with Gasteiger partial charge in [0.05, 0.1) is 11.5 Å². The highest BCUT2D eigenvalue weighted by molar-refractivity contribution is 5.76. The van der Waals surface area contributed by atoms with E-state index in [2.05, 4.69) is 0 Å². The summed E-state index contributed by atoms with van der Waals surface area (Å²) in [6, 6.07) is 2.72. The molecule has 1 aromatic rings. The average molecular weight is 305 g/mol. The molecule has 1 aromatic carbocycles. The van der Waals surface area contributed by atoms with Crippen LogP contribution in [-0.2, 0) is 22.2 Å². The van der Waals surface area contributed by atoms with Crippen molar-refractivity contribution in [1.29, 1.82) is 0 Å². The summed E-state index contributed by atoms with van der Waals surface area (Å²) in [5.41, 5.74) is 4.81. The Kier molecular flexibility index (Phi) is 5.31. The van der Waals surface area contributed by atoms with Crippen LogP contribution in [-0.4, -0.2) is 28.2 Å². The molecule has 0 unspecified atom stereocenters. The molecule has 21 heavy (non-hydrogen) atoms. The van der Waals surface area contributed by atoms with Crippen molar-refractivity contribution in [3.05, 3.63) is 35.4 Å². The molecule has 2 atom stereocenters. The number of rotatable bonds is 6. The first-order valence-electron chi connectivity index (χ1n) is 5.98. The maximum Gasteiger partial charge on any atom is 0.416 e. The van der Waals surface area contributed by atoms with Gasteiger partial charge in [0.1, 0.15) is 6.04 Å². The van der Waals surface area contributed by atoms with Gasteiger partial charge in [-0.05, 0) is 30.5 Å². The van der Waals surface area contributed by atoms with Gasteiger partial charge in [-0.2, -0.15) is 13.2 Å². The van der Waals surface area contributed by atoms with Crippen LogP contribution in [0.2, 0.25) is 0 Å². The van der Waals surface area contributed by atoms with Crippen molar-refractivity contribution < 1.29 is 33.0 Å². The standard InChI is InChI=1S/C13H14F3NO4/c14-13(15,16)9-3-1-7(2-4-9)5-8(11(18)19)6-10(17)12(20)21/h1-4,8,10H,5-6,17H2,(H,18,19)(H,20,21)/t8-,10-/m0/s1. The van der Waals surface area contributed by atoms with Crippen molar-refractivity contribution in [2.75, 3.05) is 0 Å². The molecule has 0 saturated carbocycles. The Bertz CT molecular complexity index is 513. The van der Waals surface area contributed by atoms with E-state index in [-0.39, 0.29) is 12.8 Å². The third-order valence-corrected chi connectivity index (χ3v) is 2.97. The molecule has 1 rings (SSSR count). The Morgan fingerprint density at radius 2 is 1.62 bits per heavy atom. The van der Waals surface area contributed by atoms with Gasteiger partial charge < -0.3 is 15.9 Å². The van der Waals surface area contributed by atoms with Crippen molar-refractivity contribution in [1.82, 2.24) is 0 Å². The number of hydrogen-bond donors (Lipinski definition) is 3. The maximum atomic E-state index is 12.4. The molecule has 8 heteroatoms. The largest absolute Gasteiger partial charge is 0.481 e. The predicted octanol–water partition coefficient (Wildman–Crippen LogP) is 1.75. The Morgan fingerprint density at radius 1 is 1.10 bits per heavy atom. The number of carbonyl (C=O) groups is 2. The third-order valence-electron chi connectivity index (χ3n) is 2.97. The van der Waals surface area contributed by atoms with Crippen LogP contribution in [0.25, 0.3) is 0 Å². The zero-order valence-corrected chi connectivity index (χ0v) is 10.8. The van der Waals surface area contributed by atoms with Gasteiger partial charge in [-0.1, -0.05) is 12.1 Å². The topological polar surface area (TPSA) is 101 Å². The van der Waals surface area contributed by atoms with E-state index in [0.717, 1.165) is 12.1 Å². The lowest BCUT2D eigenvalue weighted by Gasteiger charge is -2.15. The van der Waals surface area contributed by atoms with Crippen LogP contribution < -0.4 is 5.73 Å². The number of nitrogens with two attached hydrogens (primary N) is 1. The summed E-state index contributed by atoms with van der Waals surface area (Å²) in [6.07, 6.45) is -4.85.